The van der Waals surface area contributed by atoms with Crippen LogP contribution in [0.4, 0.5) is 0 Å². The van der Waals surface area contributed by atoms with E-state index in [1.807, 2.05) is 6.08 Å². The van der Waals surface area contributed by atoms with E-state index in [-0.39, 0.29) is 0 Å². The van der Waals surface area contributed by atoms with E-state index in [0.717, 1.165) is 6.42 Å². The zero-order valence-corrected chi connectivity index (χ0v) is 10.3. The molecule has 0 radical (unpaired) electrons. The summed E-state index contributed by atoms with van der Waals surface area (Å²) >= 11 is 0. The van der Waals surface area contributed by atoms with E-state index in [0.29, 0.717) is 0 Å². The molecular formula is C8H15Cl3S. The van der Waals surface area contributed by atoms with Gasteiger partial charge in [-0.2, -0.15) is 0 Å². The third-order valence-electron chi connectivity index (χ3n) is 1.47. The highest BCUT2D eigenvalue weighted by Gasteiger charge is 2.05. The van der Waals surface area contributed by atoms with Crippen molar-refractivity contribution in [3.63, 3.8) is 0 Å². The molecule has 0 spiro atoms. The molecule has 0 N–H and O–H groups in total. The van der Waals surface area contributed by atoms with Crippen LogP contribution in [-0.2, 0) is 0 Å². The molecule has 12 heavy (non-hydrogen) atoms. The maximum absolute atomic E-state index is 5.60. The van der Waals surface area contributed by atoms with E-state index in [1.165, 1.54) is 25.7 Å². The lowest BCUT2D eigenvalue weighted by Gasteiger charge is -2.07. The highest BCUT2D eigenvalue weighted by molar-refractivity contribution is 8.80. The lowest BCUT2D eigenvalue weighted by Crippen LogP contribution is -1.73. The van der Waals surface area contributed by atoms with Gasteiger partial charge in [0.05, 0.1) is 0 Å². The molecule has 4 heteroatoms. The third kappa shape index (κ3) is 11.0. The predicted molar refractivity (Wildman–Crippen MR) is 63.0 cm³/mol. The molecule has 0 aliphatic carbocycles. The van der Waals surface area contributed by atoms with Gasteiger partial charge in [-0.05, 0) is 50.3 Å². The van der Waals surface area contributed by atoms with Gasteiger partial charge in [0, 0.05) is 7.67 Å². The smallest absolute Gasteiger partial charge is 0.0161 e. The molecule has 0 aromatic rings. The molecule has 0 saturated heterocycles. The summed E-state index contributed by atoms with van der Waals surface area (Å²) in [5, 5.41) is 1.70. The topological polar surface area (TPSA) is 0 Å². The molecule has 0 unspecified atom stereocenters. The zero-order valence-electron chi connectivity index (χ0n) is 7.23. The Hall–Kier alpha value is 0.960. The summed E-state index contributed by atoms with van der Waals surface area (Å²) in [6, 6.07) is 0. The van der Waals surface area contributed by atoms with E-state index in [4.69, 9.17) is 32.0 Å². The van der Waals surface area contributed by atoms with E-state index < -0.39 is 7.67 Å². The van der Waals surface area contributed by atoms with Gasteiger partial charge in [-0.3, -0.25) is 0 Å². The molecule has 0 aromatic carbocycles. The van der Waals surface area contributed by atoms with Crippen molar-refractivity contribution in [2.75, 3.05) is 0 Å². The predicted octanol–water partition coefficient (Wildman–Crippen LogP) is 5.74. The molecule has 0 aliphatic heterocycles. The molecule has 0 nitrogen and oxygen atoms in total. The van der Waals surface area contributed by atoms with Gasteiger partial charge in [-0.15, -0.1) is 0 Å². The third-order valence-corrected chi connectivity index (χ3v) is 2.90. The molecule has 0 amide bonds. The second kappa shape index (κ2) is 7.37. The number of halogens is 3. The largest absolute Gasteiger partial charge is 0.0764 e. The van der Waals surface area contributed by atoms with E-state index in [1.54, 1.807) is 5.41 Å². The summed E-state index contributed by atoms with van der Waals surface area (Å²) < 4.78 is 0. The molecule has 0 heterocycles. The highest BCUT2D eigenvalue weighted by Crippen LogP contribution is 2.64. The van der Waals surface area contributed by atoms with Crippen LogP contribution in [0.3, 0.4) is 0 Å². The molecule has 0 atom stereocenters. The van der Waals surface area contributed by atoms with Crippen molar-refractivity contribution in [1.29, 1.82) is 0 Å². The summed E-state index contributed by atoms with van der Waals surface area (Å²) in [7, 11) is 14.8. The second-order valence-corrected chi connectivity index (χ2v) is 9.62. The average Bonchev–Trinajstić information content (AvgIpc) is 1.94. The Bertz CT molecular complexity index is 129. The van der Waals surface area contributed by atoms with Crippen molar-refractivity contribution in [2.45, 2.75) is 39.0 Å². The zero-order chi connectivity index (χ0) is 9.45. The summed E-state index contributed by atoms with van der Waals surface area (Å²) in [6.07, 6.45) is 8.04. The first-order valence-electron chi connectivity index (χ1n) is 4.15. The Kier molecular flexibility index (Phi) is 7.96. The number of allylic oxidation sites excluding steroid dienone is 1. The van der Waals surface area contributed by atoms with Gasteiger partial charge in [-0.1, -0.05) is 32.3 Å². The quantitative estimate of drug-likeness (QED) is 0.527. The van der Waals surface area contributed by atoms with Crippen molar-refractivity contribution >= 4 is 39.7 Å². The summed E-state index contributed by atoms with van der Waals surface area (Å²) in [4.78, 5) is 0. The van der Waals surface area contributed by atoms with Gasteiger partial charge < -0.3 is 0 Å². The van der Waals surface area contributed by atoms with Crippen LogP contribution in [0.2, 0.25) is 0 Å². The minimum atomic E-state index is -1.98. The van der Waals surface area contributed by atoms with E-state index in [2.05, 4.69) is 6.92 Å². The minimum Gasteiger partial charge on any atom is -0.0764 e. The Labute approximate surface area is 90.1 Å². The van der Waals surface area contributed by atoms with Gasteiger partial charge in [0.2, 0.25) is 0 Å². The maximum atomic E-state index is 5.60. The van der Waals surface area contributed by atoms with Crippen LogP contribution in [0, 0.1) is 0 Å². The molecule has 0 fully saturated rings. The normalized spacial score (nSPS) is 14.0. The minimum absolute atomic E-state index is 1.03. The molecule has 0 saturated carbocycles. The SMILES string of the molecule is CCCCCC/C=C/S(Cl)(Cl)Cl. The molecule has 0 rings (SSSR count). The van der Waals surface area contributed by atoms with Crippen LogP contribution >= 0.6 is 39.7 Å². The second-order valence-electron chi connectivity index (χ2n) is 2.66. The van der Waals surface area contributed by atoms with Crippen LogP contribution in [0.25, 0.3) is 0 Å². The summed E-state index contributed by atoms with van der Waals surface area (Å²) in [6.45, 7) is 2.20. The van der Waals surface area contributed by atoms with Crippen LogP contribution in [-0.4, -0.2) is 0 Å². The Morgan fingerprint density at radius 3 is 2.25 bits per heavy atom. The maximum Gasteiger partial charge on any atom is 0.0161 e. The van der Waals surface area contributed by atoms with Crippen LogP contribution in [0.15, 0.2) is 11.5 Å². The fourth-order valence-corrected chi connectivity index (χ4v) is 1.88. The Morgan fingerprint density at radius 2 is 1.75 bits per heavy atom. The van der Waals surface area contributed by atoms with Crippen LogP contribution in [0.1, 0.15) is 39.0 Å². The summed E-state index contributed by atoms with van der Waals surface area (Å²) in [5.74, 6) is 0. The highest BCUT2D eigenvalue weighted by atomic mass is 36.2. The van der Waals surface area contributed by atoms with E-state index >= 15 is 0 Å². The van der Waals surface area contributed by atoms with Gasteiger partial charge in [0.1, 0.15) is 0 Å². The fourth-order valence-electron chi connectivity index (χ4n) is 0.866. The van der Waals surface area contributed by atoms with Crippen molar-refractivity contribution in [2.24, 2.45) is 0 Å². The lowest BCUT2D eigenvalue weighted by molar-refractivity contribution is 0.675. The van der Waals surface area contributed by atoms with Gasteiger partial charge in [0.25, 0.3) is 0 Å². The number of hydrogen-bond acceptors (Lipinski definition) is 0. The molecule has 0 aliphatic rings. The Balaban J connectivity index is 3.25. The first-order valence-corrected chi connectivity index (χ1v) is 8.32. The average molecular weight is 250 g/mol. The van der Waals surface area contributed by atoms with Crippen molar-refractivity contribution in [3.05, 3.63) is 11.5 Å². The van der Waals surface area contributed by atoms with Crippen molar-refractivity contribution in [1.82, 2.24) is 0 Å². The first kappa shape index (κ1) is 13.0. The van der Waals surface area contributed by atoms with Crippen LogP contribution < -0.4 is 0 Å². The molecule has 0 aromatic heterocycles. The Morgan fingerprint density at radius 1 is 1.08 bits per heavy atom. The van der Waals surface area contributed by atoms with Gasteiger partial charge in [0.15, 0.2) is 0 Å². The molecule has 74 valence electrons. The lowest BCUT2D eigenvalue weighted by atomic mass is 10.2. The van der Waals surface area contributed by atoms with Crippen LogP contribution in [0.5, 0.6) is 0 Å². The van der Waals surface area contributed by atoms with E-state index in [9.17, 15) is 0 Å². The number of hydrogen-bond donors (Lipinski definition) is 0. The first-order chi connectivity index (χ1) is 5.56. The summed E-state index contributed by atoms with van der Waals surface area (Å²) in [5.41, 5.74) is 0. The monoisotopic (exact) mass is 248 g/mol. The van der Waals surface area contributed by atoms with Crippen molar-refractivity contribution < 1.29 is 0 Å². The van der Waals surface area contributed by atoms with Gasteiger partial charge >= 0.3 is 0 Å². The number of rotatable bonds is 6. The van der Waals surface area contributed by atoms with Gasteiger partial charge in [-0.25, -0.2) is 0 Å². The number of unbranched alkanes of at least 4 members (excludes halogenated alkanes) is 4. The molecule has 0 bridgehead atoms. The molecular weight excluding hydrogens is 235 g/mol. The fraction of sp³-hybridized carbons (Fsp3) is 0.750. The van der Waals surface area contributed by atoms with Crippen molar-refractivity contribution in [3.8, 4) is 0 Å². The standard InChI is InChI=1S/C8H15Cl3S/c1-2-3-4-5-6-7-8-12(9,10)11/h7-8H,2-6H2,1H3/b8-7+.